The van der Waals surface area contributed by atoms with Crippen LogP contribution in [0.15, 0.2) is 27.8 Å². The van der Waals surface area contributed by atoms with Gasteiger partial charge in [0.25, 0.3) is 5.91 Å². The van der Waals surface area contributed by atoms with Crippen LogP contribution in [-0.2, 0) is 0 Å². The van der Waals surface area contributed by atoms with Crippen molar-refractivity contribution in [2.45, 2.75) is 0 Å². The zero-order chi connectivity index (χ0) is 11.5. The molecule has 82 valence electrons. The monoisotopic (exact) mass is 239 g/mol. The van der Waals surface area contributed by atoms with E-state index in [-0.39, 0.29) is 5.82 Å². The van der Waals surface area contributed by atoms with Crippen LogP contribution in [0.4, 0.5) is 10.2 Å². The van der Waals surface area contributed by atoms with Crippen molar-refractivity contribution in [2.24, 2.45) is 0 Å². The summed E-state index contributed by atoms with van der Waals surface area (Å²) >= 11 is 1.35. The van der Waals surface area contributed by atoms with E-state index in [1.807, 2.05) is 0 Å². The molecule has 2 rings (SSSR count). The van der Waals surface area contributed by atoms with E-state index in [9.17, 15) is 14.0 Å². The molecule has 2 aromatic rings. The summed E-state index contributed by atoms with van der Waals surface area (Å²) in [5, 5.41) is 5.59. The van der Waals surface area contributed by atoms with Crippen LogP contribution in [0.25, 0.3) is 0 Å². The number of hydrogen-bond acceptors (Lipinski definition) is 4. The first-order valence-electron chi connectivity index (χ1n) is 4.25. The van der Waals surface area contributed by atoms with Crippen LogP contribution in [0.1, 0.15) is 10.4 Å². The van der Waals surface area contributed by atoms with E-state index in [1.165, 1.54) is 11.3 Å². The fourth-order valence-corrected chi connectivity index (χ4v) is 1.69. The largest absolute Gasteiger partial charge is 0.346 e. The molecule has 16 heavy (non-hydrogen) atoms. The first-order valence-corrected chi connectivity index (χ1v) is 5.19. The number of amides is 1. The molecule has 0 spiro atoms. The highest BCUT2D eigenvalue weighted by Gasteiger charge is 2.10. The molecule has 0 aliphatic heterocycles. The Balaban J connectivity index is 2.24. The average molecular weight is 239 g/mol. The van der Waals surface area contributed by atoms with E-state index < -0.39 is 17.4 Å². The van der Waals surface area contributed by atoms with Crippen molar-refractivity contribution in [3.8, 4) is 0 Å². The first-order chi connectivity index (χ1) is 7.66. The topological polar surface area (TPSA) is 74.8 Å². The third-order valence-corrected chi connectivity index (χ3v) is 2.47. The summed E-state index contributed by atoms with van der Waals surface area (Å²) in [4.78, 5) is 27.6. The molecular formula is C9H6FN3O2S. The molecule has 0 atom stereocenters. The average Bonchev–Trinajstić information content (AvgIpc) is 2.76. The normalized spacial score (nSPS) is 10.1. The Morgan fingerprint density at radius 2 is 2.38 bits per heavy atom. The minimum Gasteiger partial charge on any atom is -0.305 e. The molecule has 0 aliphatic rings. The second-order valence-electron chi connectivity index (χ2n) is 2.88. The Morgan fingerprint density at radius 3 is 3.06 bits per heavy atom. The summed E-state index contributed by atoms with van der Waals surface area (Å²) in [6.07, 6.45) is 0.752. The van der Waals surface area contributed by atoms with Crippen molar-refractivity contribution >= 4 is 23.1 Å². The van der Waals surface area contributed by atoms with Crippen molar-refractivity contribution in [3.63, 3.8) is 0 Å². The van der Waals surface area contributed by atoms with E-state index >= 15 is 0 Å². The van der Waals surface area contributed by atoms with Gasteiger partial charge in [0.2, 0.25) is 0 Å². The summed E-state index contributed by atoms with van der Waals surface area (Å²) < 4.78 is 13.1. The van der Waals surface area contributed by atoms with Gasteiger partial charge < -0.3 is 5.32 Å². The molecule has 0 radical (unpaired) electrons. The lowest BCUT2D eigenvalue weighted by atomic mass is 10.3. The van der Waals surface area contributed by atoms with Crippen molar-refractivity contribution in [1.82, 2.24) is 9.97 Å². The zero-order valence-electron chi connectivity index (χ0n) is 7.86. The van der Waals surface area contributed by atoms with Gasteiger partial charge in [0.05, 0.1) is 11.8 Å². The highest BCUT2D eigenvalue weighted by molar-refractivity contribution is 7.08. The van der Waals surface area contributed by atoms with Crippen molar-refractivity contribution in [2.75, 3.05) is 5.32 Å². The van der Waals surface area contributed by atoms with Gasteiger partial charge in [-0.15, -0.1) is 0 Å². The summed E-state index contributed by atoms with van der Waals surface area (Å²) in [6, 6.07) is 1.59. The van der Waals surface area contributed by atoms with E-state index in [0.717, 1.165) is 6.20 Å². The standard InChI is InChI=1S/C9H6FN3O2S/c10-6-3-11-9(15)13-7(6)12-8(14)5-1-2-16-4-5/h1-4H,(H2,11,12,13,14,15). The Labute approximate surface area is 93.0 Å². The van der Waals surface area contributed by atoms with Gasteiger partial charge in [-0.1, -0.05) is 0 Å². The second-order valence-corrected chi connectivity index (χ2v) is 3.66. The minimum absolute atomic E-state index is 0.281. The van der Waals surface area contributed by atoms with Crippen molar-refractivity contribution < 1.29 is 9.18 Å². The van der Waals surface area contributed by atoms with Crippen molar-refractivity contribution in [3.05, 3.63) is 44.9 Å². The molecule has 0 bridgehead atoms. The van der Waals surface area contributed by atoms with Gasteiger partial charge in [0.15, 0.2) is 11.6 Å². The fraction of sp³-hybridized carbons (Fsp3) is 0. The molecule has 1 amide bonds. The molecule has 0 unspecified atom stereocenters. The molecule has 2 heterocycles. The fourth-order valence-electron chi connectivity index (χ4n) is 1.05. The van der Waals surface area contributed by atoms with Crippen molar-refractivity contribution in [1.29, 1.82) is 0 Å². The van der Waals surface area contributed by atoms with Crippen LogP contribution >= 0.6 is 11.3 Å². The smallest absolute Gasteiger partial charge is 0.305 e. The lowest BCUT2D eigenvalue weighted by Crippen LogP contribution is -2.19. The molecule has 7 heteroatoms. The number of hydrogen-bond donors (Lipinski definition) is 2. The van der Waals surface area contributed by atoms with Crippen LogP contribution in [0.5, 0.6) is 0 Å². The number of aromatic nitrogens is 2. The molecular weight excluding hydrogens is 233 g/mol. The van der Waals surface area contributed by atoms with Gasteiger partial charge in [-0.3, -0.25) is 9.78 Å². The maximum absolute atomic E-state index is 13.1. The number of nitrogens with zero attached hydrogens (tertiary/aromatic N) is 1. The maximum atomic E-state index is 13.1. The predicted molar refractivity (Wildman–Crippen MR) is 57.1 cm³/mol. The summed E-state index contributed by atoms with van der Waals surface area (Å²) in [5.74, 6) is -1.55. The number of thiophene rings is 1. The van der Waals surface area contributed by atoms with Gasteiger partial charge in [0.1, 0.15) is 0 Å². The number of H-pyrrole nitrogens is 1. The van der Waals surface area contributed by atoms with E-state index in [2.05, 4.69) is 15.3 Å². The Morgan fingerprint density at radius 1 is 1.56 bits per heavy atom. The lowest BCUT2D eigenvalue weighted by Gasteiger charge is -2.03. The molecule has 0 aromatic carbocycles. The third-order valence-electron chi connectivity index (χ3n) is 1.79. The van der Waals surface area contributed by atoms with Gasteiger partial charge in [-0.2, -0.15) is 16.3 Å². The Kier molecular flexibility index (Phi) is 2.78. The van der Waals surface area contributed by atoms with Crippen LogP contribution in [0, 0.1) is 5.82 Å². The molecule has 0 saturated heterocycles. The van der Waals surface area contributed by atoms with E-state index in [4.69, 9.17) is 0 Å². The predicted octanol–water partition coefficient (Wildman–Crippen LogP) is 1.22. The number of halogens is 1. The Hall–Kier alpha value is -2.02. The van der Waals surface area contributed by atoms with Crippen LogP contribution < -0.4 is 11.0 Å². The maximum Gasteiger partial charge on any atom is 0.346 e. The number of aromatic amines is 1. The highest BCUT2D eigenvalue weighted by Crippen LogP contribution is 2.10. The molecule has 5 nitrogen and oxygen atoms in total. The molecule has 2 aromatic heterocycles. The Bertz CT molecular complexity index is 564. The molecule has 0 saturated carbocycles. The van der Waals surface area contributed by atoms with Gasteiger partial charge >= 0.3 is 5.69 Å². The molecule has 0 aliphatic carbocycles. The van der Waals surface area contributed by atoms with Gasteiger partial charge in [-0.05, 0) is 11.4 Å². The lowest BCUT2D eigenvalue weighted by molar-refractivity contribution is 0.102. The molecule has 2 N–H and O–H groups in total. The number of anilines is 1. The van der Waals surface area contributed by atoms with Crippen LogP contribution in [0.2, 0.25) is 0 Å². The van der Waals surface area contributed by atoms with E-state index in [0.29, 0.717) is 5.56 Å². The highest BCUT2D eigenvalue weighted by atomic mass is 32.1. The minimum atomic E-state index is -0.789. The number of nitrogens with one attached hydrogen (secondary N) is 2. The summed E-state index contributed by atoms with van der Waals surface area (Å²) in [5.41, 5.74) is -0.316. The zero-order valence-corrected chi connectivity index (χ0v) is 8.68. The second kappa shape index (κ2) is 4.23. The van der Waals surface area contributed by atoms with Gasteiger partial charge in [0, 0.05) is 5.38 Å². The van der Waals surface area contributed by atoms with Gasteiger partial charge in [-0.25, -0.2) is 9.18 Å². The first kappa shape index (κ1) is 10.5. The quantitative estimate of drug-likeness (QED) is 0.827. The summed E-state index contributed by atoms with van der Waals surface area (Å²) in [7, 11) is 0. The third kappa shape index (κ3) is 2.14. The van der Waals surface area contributed by atoms with Crippen LogP contribution in [-0.4, -0.2) is 15.9 Å². The number of rotatable bonds is 2. The SMILES string of the molecule is O=C(Nc1[nH]c(=O)ncc1F)c1ccsc1. The molecule has 0 fully saturated rings. The van der Waals surface area contributed by atoms with E-state index in [1.54, 1.807) is 16.8 Å². The summed E-state index contributed by atoms with van der Waals surface area (Å²) in [6.45, 7) is 0. The number of carbonyl (C=O) groups excluding carboxylic acids is 1. The number of carbonyl (C=O) groups is 1. The van der Waals surface area contributed by atoms with Crippen LogP contribution in [0.3, 0.4) is 0 Å².